The first-order chi connectivity index (χ1) is 13.4. The van der Waals surface area contributed by atoms with E-state index in [0.29, 0.717) is 24.6 Å². The van der Waals surface area contributed by atoms with E-state index in [1.807, 2.05) is 26.0 Å². The summed E-state index contributed by atoms with van der Waals surface area (Å²) in [5.74, 6) is 0.971. The van der Waals surface area contributed by atoms with Gasteiger partial charge in [-0.2, -0.15) is 4.98 Å². The zero-order chi connectivity index (χ0) is 20.1. The molecule has 0 bridgehead atoms. The molecule has 3 aromatic rings. The summed E-state index contributed by atoms with van der Waals surface area (Å²) >= 11 is 0. The lowest BCUT2D eigenvalue weighted by Gasteiger charge is -2.18. The summed E-state index contributed by atoms with van der Waals surface area (Å²) in [5.41, 5.74) is 4.41. The van der Waals surface area contributed by atoms with Crippen molar-refractivity contribution < 1.29 is 9.32 Å². The van der Waals surface area contributed by atoms with Crippen molar-refractivity contribution in [2.45, 2.75) is 46.6 Å². The van der Waals surface area contributed by atoms with Crippen molar-refractivity contribution in [1.29, 1.82) is 0 Å². The van der Waals surface area contributed by atoms with E-state index in [1.165, 1.54) is 16.7 Å². The summed E-state index contributed by atoms with van der Waals surface area (Å²) in [5, 5.41) is 7.08. The van der Waals surface area contributed by atoms with Crippen LogP contribution >= 0.6 is 0 Å². The Morgan fingerprint density at radius 1 is 1.21 bits per heavy atom. The SMILES string of the molecule is Cc1ccc(CCC(=O)NC(c2nc(-c3cccnc3)no2)C(C)C)c(C)c1. The number of pyridine rings is 1. The Morgan fingerprint density at radius 2 is 2.04 bits per heavy atom. The van der Waals surface area contributed by atoms with Crippen LogP contribution in [-0.2, 0) is 11.2 Å². The van der Waals surface area contributed by atoms with Gasteiger partial charge in [-0.15, -0.1) is 0 Å². The molecular weight excluding hydrogens is 352 g/mol. The molecule has 28 heavy (non-hydrogen) atoms. The maximum absolute atomic E-state index is 12.5. The molecule has 2 aromatic heterocycles. The lowest BCUT2D eigenvalue weighted by atomic mass is 10.0. The van der Waals surface area contributed by atoms with E-state index >= 15 is 0 Å². The molecule has 0 aliphatic rings. The van der Waals surface area contributed by atoms with Gasteiger partial charge in [0.15, 0.2) is 0 Å². The quantitative estimate of drug-likeness (QED) is 0.666. The van der Waals surface area contributed by atoms with Gasteiger partial charge in [0, 0.05) is 24.4 Å². The Bertz CT molecular complexity index is 935. The van der Waals surface area contributed by atoms with Crippen LogP contribution in [0.3, 0.4) is 0 Å². The van der Waals surface area contributed by atoms with E-state index in [0.717, 1.165) is 5.56 Å². The fourth-order valence-corrected chi connectivity index (χ4v) is 3.11. The molecule has 1 aromatic carbocycles. The molecule has 0 saturated heterocycles. The van der Waals surface area contributed by atoms with Crippen molar-refractivity contribution in [3.05, 3.63) is 65.3 Å². The van der Waals surface area contributed by atoms with Crippen LogP contribution in [0, 0.1) is 19.8 Å². The van der Waals surface area contributed by atoms with E-state index in [-0.39, 0.29) is 17.9 Å². The summed E-state index contributed by atoms with van der Waals surface area (Å²) < 4.78 is 5.43. The number of carbonyl (C=O) groups is 1. The summed E-state index contributed by atoms with van der Waals surface area (Å²) in [6, 6.07) is 9.67. The molecule has 1 N–H and O–H groups in total. The van der Waals surface area contributed by atoms with Crippen LogP contribution in [0.25, 0.3) is 11.4 Å². The predicted octanol–water partition coefficient (Wildman–Crippen LogP) is 4.19. The molecule has 0 fully saturated rings. The molecule has 2 heterocycles. The van der Waals surface area contributed by atoms with Gasteiger partial charge in [-0.1, -0.05) is 42.8 Å². The van der Waals surface area contributed by atoms with E-state index in [1.54, 1.807) is 12.4 Å². The van der Waals surface area contributed by atoms with Crippen molar-refractivity contribution in [3.63, 3.8) is 0 Å². The zero-order valence-electron chi connectivity index (χ0n) is 16.8. The van der Waals surface area contributed by atoms with Gasteiger partial charge in [-0.3, -0.25) is 9.78 Å². The highest BCUT2D eigenvalue weighted by Crippen LogP contribution is 2.23. The Balaban J connectivity index is 1.66. The van der Waals surface area contributed by atoms with Gasteiger partial charge in [0.2, 0.25) is 17.6 Å². The monoisotopic (exact) mass is 378 g/mol. The standard InChI is InChI=1S/C22H26N4O2/c1-14(2)20(22-25-21(26-28-22)18-6-5-11-23-13-18)24-19(27)10-9-17-8-7-15(3)12-16(17)4/h5-8,11-14,20H,9-10H2,1-4H3,(H,24,27). The van der Waals surface area contributed by atoms with Gasteiger partial charge < -0.3 is 9.84 Å². The molecule has 1 atom stereocenters. The second-order valence-corrected chi connectivity index (χ2v) is 7.42. The minimum absolute atomic E-state index is 0.0280. The van der Waals surface area contributed by atoms with Crippen LogP contribution in [0.15, 0.2) is 47.2 Å². The Kier molecular flexibility index (Phi) is 6.19. The van der Waals surface area contributed by atoms with Crippen LogP contribution in [0.4, 0.5) is 0 Å². The number of hydrogen-bond acceptors (Lipinski definition) is 5. The smallest absolute Gasteiger partial charge is 0.249 e. The number of hydrogen-bond donors (Lipinski definition) is 1. The third-order valence-electron chi connectivity index (χ3n) is 4.73. The van der Waals surface area contributed by atoms with Crippen LogP contribution in [0.2, 0.25) is 0 Å². The van der Waals surface area contributed by atoms with Gasteiger partial charge in [-0.05, 0) is 49.4 Å². The number of nitrogens with zero attached hydrogens (tertiary/aromatic N) is 3. The molecule has 6 heteroatoms. The zero-order valence-corrected chi connectivity index (χ0v) is 16.8. The van der Waals surface area contributed by atoms with Gasteiger partial charge in [0.1, 0.15) is 6.04 Å². The van der Waals surface area contributed by atoms with E-state index < -0.39 is 0 Å². The highest BCUT2D eigenvalue weighted by Gasteiger charge is 2.24. The fraction of sp³-hybridized carbons (Fsp3) is 0.364. The Hall–Kier alpha value is -3.02. The molecule has 0 saturated carbocycles. The summed E-state index contributed by atoms with van der Waals surface area (Å²) in [6.45, 7) is 8.18. The summed E-state index contributed by atoms with van der Waals surface area (Å²) in [7, 11) is 0. The Labute approximate surface area is 165 Å². The number of aromatic nitrogens is 3. The minimum atomic E-state index is -0.329. The van der Waals surface area contributed by atoms with E-state index in [2.05, 4.69) is 52.5 Å². The number of rotatable bonds is 7. The van der Waals surface area contributed by atoms with Crippen molar-refractivity contribution >= 4 is 5.91 Å². The van der Waals surface area contributed by atoms with Crippen LogP contribution in [0.5, 0.6) is 0 Å². The molecule has 1 amide bonds. The molecule has 1 unspecified atom stereocenters. The van der Waals surface area contributed by atoms with Gasteiger partial charge in [0.25, 0.3) is 0 Å². The molecule has 0 aliphatic carbocycles. The number of nitrogens with one attached hydrogen (secondary N) is 1. The first kappa shape index (κ1) is 19.7. The number of amides is 1. The van der Waals surface area contributed by atoms with Crippen LogP contribution in [0.1, 0.15) is 48.9 Å². The normalized spacial score (nSPS) is 12.2. The first-order valence-electron chi connectivity index (χ1n) is 9.53. The summed E-state index contributed by atoms with van der Waals surface area (Å²) in [4.78, 5) is 21.1. The minimum Gasteiger partial charge on any atom is -0.344 e. The second-order valence-electron chi connectivity index (χ2n) is 7.42. The maximum atomic E-state index is 12.5. The fourth-order valence-electron chi connectivity index (χ4n) is 3.11. The van der Waals surface area contributed by atoms with Gasteiger partial charge >= 0.3 is 0 Å². The topological polar surface area (TPSA) is 80.9 Å². The van der Waals surface area contributed by atoms with Gasteiger partial charge in [-0.25, -0.2) is 0 Å². The van der Waals surface area contributed by atoms with E-state index in [4.69, 9.17) is 4.52 Å². The third kappa shape index (κ3) is 4.82. The molecule has 0 spiro atoms. The molecule has 0 aliphatic heterocycles. The lowest BCUT2D eigenvalue weighted by Crippen LogP contribution is -2.32. The van der Waals surface area contributed by atoms with Crippen molar-refractivity contribution in [2.75, 3.05) is 0 Å². The van der Waals surface area contributed by atoms with E-state index in [9.17, 15) is 4.79 Å². The van der Waals surface area contributed by atoms with Crippen molar-refractivity contribution in [2.24, 2.45) is 5.92 Å². The lowest BCUT2D eigenvalue weighted by molar-refractivity contribution is -0.122. The van der Waals surface area contributed by atoms with Crippen LogP contribution in [-0.4, -0.2) is 21.0 Å². The number of carbonyl (C=O) groups excluding carboxylic acids is 1. The largest absolute Gasteiger partial charge is 0.344 e. The molecule has 0 radical (unpaired) electrons. The average Bonchev–Trinajstić information content (AvgIpc) is 3.15. The highest BCUT2D eigenvalue weighted by atomic mass is 16.5. The maximum Gasteiger partial charge on any atom is 0.249 e. The Morgan fingerprint density at radius 3 is 2.71 bits per heavy atom. The second kappa shape index (κ2) is 8.78. The molecular formula is C22H26N4O2. The molecule has 146 valence electrons. The molecule has 6 nitrogen and oxygen atoms in total. The third-order valence-corrected chi connectivity index (χ3v) is 4.73. The number of aryl methyl sites for hydroxylation is 3. The highest BCUT2D eigenvalue weighted by molar-refractivity contribution is 5.76. The predicted molar refractivity (Wildman–Crippen MR) is 107 cm³/mol. The summed E-state index contributed by atoms with van der Waals surface area (Å²) in [6.07, 6.45) is 4.49. The van der Waals surface area contributed by atoms with Crippen LogP contribution < -0.4 is 5.32 Å². The van der Waals surface area contributed by atoms with Crippen molar-refractivity contribution in [3.8, 4) is 11.4 Å². The first-order valence-corrected chi connectivity index (χ1v) is 9.53. The number of benzene rings is 1. The molecule has 3 rings (SSSR count). The van der Waals surface area contributed by atoms with Crippen molar-refractivity contribution in [1.82, 2.24) is 20.4 Å². The van der Waals surface area contributed by atoms with Gasteiger partial charge in [0.05, 0.1) is 0 Å². The average molecular weight is 378 g/mol.